The number of aliphatic hydroxyl groups excluding tert-OH is 1. The summed E-state index contributed by atoms with van der Waals surface area (Å²) in [5.74, 6) is 1.02. The van der Waals surface area contributed by atoms with Gasteiger partial charge < -0.3 is 20.5 Å². The van der Waals surface area contributed by atoms with Crippen molar-refractivity contribution in [3.63, 3.8) is 0 Å². The number of aliphatic hydroxyl groups is 1. The Morgan fingerprint density at radius 1 is 1.50 bits per heavy atom. The van der Waals surface area contributed by atoms with Crippen LogP contribution in [-0.4, -0.2) is 30.7 Å². The number of carbonyl (C=O) groups is 1. The largest absolute Gasteiger partial charge is 0.494 e. The van der Waals surface area contributed by atoms with Crippen LogP contribution < -0.4 is 15.4 Å². The maximum absolute atomic E-state index is 12.2. The zero-order chi connectivity index (χ0) is 14.5. The van der Waals surface area contributed by atoms with E-state index in [1.165, 1.54) is 0 Å². The minimum atomic E-state index is -0.111. The van der Waals surface area contributed by atoms with Gasteiger partial charge in [-0.3, -0.25) is 4.79 Å². The first-order valence-corrected chi connectivity index (χ1v) is 7.03. The van der Waals surface area contributed by atoms with E-state index < -0.39 is 0 Å². The number of hydrogen-bond donors (Lipinski definition) is 3. The summed E-state index contributed by atoms with van der Waals surface area (Å²) >= 11 is 0. The Bertz CT molecular complexity index is 476. The van der Waals surface area contributed by atoms with E-state index in [4.69, 9.17) is 4.74 Å². The van der Waals surface area contributed by atoms with Gasteiger partial charge in [-0.2, -0.15) is 0 Å². The van der Waals surface area contributed by atoms with Crippen LogP contribution >= 0.6 is 0 Å². The quantitative estimate of drug-likeness (QED) is 0.761. The molecule has 5 heteroatoms. The first kappa shape index (κ1) is 14.8. The average Bonchev–Trinajstić information content (AvgIpc) is 2.87. The van der Waals surface area contributed by atoms with Gasteiger partial charge >= 0.3 is 0 Å². The Labute approximate surface area is 119 Å². The van der Waals surface area contributed by atoms with Crippen molar-refractivity contribution in [2.45, 2.75) is 20.5 Å². The van der Waals surface area contributed by atoms with Crippen molar-refractivity contribution in [2.24, 2.45) is 11.8 Å². The molecule has 1 heterocycles. The normalized spacial score (nSPS) is 21.8. The maximum atomic E-state index is 12.2. The highest BCUT2D eigenvalue weighted by molar-refractivity contribution is 5.93. The molecule has 0 bridgehead atoms. The van der Waals surface area contributed by atoms with Gasteiger partial charge in [0.1, 0.15) is 5.75 Å². The van der Waals surface area contributed by atoms with Crippen molar-refractivity contribution in [2.75, 3.05) is 25.0 Å². The number of amides is 1. The summed E-state index contributed by atoms with van der Waals surface area (Å²) in [6.45, 7) is 6.00. The summed E-state index contributed by atoms with van der Waals surface area (Å²) in [7, 11) is 0. The van der Waals surface area contributed by atoms with Crippen LogP contribution in [0, 0.1) is 11.8 Å². The molecule has 1 aromatic carbocycles. The van der Waals surface area contributed by atoms with Gasteiger partial charge in [-0.1, -0.05) is 6.92 Å². The highest BCUT2D eigenvalue weighted by atomic mass is 16.5. The first-order chi connectivity index (χ1) is 9.65. The topological polar surface area (TPSA) is 70.6 Å². The summed E-state index contributed by atoms with van der Waals surface area (Å²) in [4.78, 5) is 12.2. The molecule has 0 aliphatic carbocycles. The summed E-state index contributed by atoms with van der Waals surface area (Å²) in [6.07, 6.45) is 0. The molecule has 5 nitrogen and oxygen atoms in total. The van der Waals surface area contributed by atoms with Crippen molar-refractivity contribution in [3.05, 3.63) is 23.8 Å². The van der Waals surface area contributed by atoms with Crippen molar-refractivity contribution in [1.82, 2.24) is 5.32 Å². The standard InChI is InChI=1S/C15H22N2O3/c1-3-20-14-5-4-12(6-11(14)9-18)17-15(19)13-8-16-7-10(13)2/h4-6,10,13,16,18H,3,7-9H2,1-2H3,(H,17,19). The van der Waals surface area contributed by atoms with E-state index in [0.717, 1.165) is 13.1 Å². The minimum Gasteiger partial charge on any atom is -0.494 e. The average molecular weight is 278 g/mol. The Hall–Kier alpha value is -1.59. The molecule has 1 saturated heterocycles. The highest BCUT2D eigenvalue weighted by Gasteiger charge is 2.29. The van der Waals surface area contributed by atoms with E-state index in [1.807, 2.05) is 6.92 Å². The second kappa shape index (κ2) is 6.72. The summed E-state index contributed by atoms with van der Waals surface area (Å²) in [5, 5.41) is 15.5. The van der Waals surface area contributed by atoms with E-state index in [-0.39, 0.29) is 18.4 Å². The fourth-order valence-electron chi connectivity index (χ4n) is 2.47. The van der Waals surface area contributed by atoms with Crippen LogP contribution in [0.25, 0.3) is 0 Å². The zero-order valence-corrected chi connectivity index (χ0v) is 12.0. The molecule has 0 spiro atoms. The number of rotatable bonds is 5. The molecule has 1 aliphatic rings. The summed E-state index contributed by atoms with van der Waals surface area (Å²) in [5.41, 5.74) is 1.38. The van der Waals surface area contributed by atoms with Gasteiger partial charge in [0.25, 0.3) is 0 Å². The smallest absolute Gasteiger partial charge is 0.229 e. The lowest BCUT2D eigenvalue weighted by Crippen LogP contribution is -2.27. The zero-order valence-electron chi connectivity index (χ0n) is 12.0. The van der Waals surface area contributed by atoms with Crippen molar-refractivity contribution >= 4 is 11.6 Å². The third kappa shape index (κ3) is 3.29. The first-order valence-electron chi connectivity index (χ1n) is 7.03. The third-order valence-electron chi connectivity index (χ3n) is 3.65. The van der Waals surface area contributed by atoms with Crippen LogP contribution in [0.2, 0.25) is 0 Å². The Morgan fingerprint density at radius 2 is 2.30 bits per heavy atom. The molecule has 3 N–H and O–H groups in total. The van der Waals surface area contributed by atoms with Crippen molar-refractivity contribution in [1.29, 1.82) is 0 Å². The van der Waals surface area contributed by atoms with Crippen LogP contribution in [0.1, 0.15) is 19.4 Å². The predicted octanol–water partition coefficient (Wildman–Crippen LogP) is 1.37. The van der Waals surface area contributed by atoms with Crippen LogP contribution in [0.5, 0.6) is 5.75 Å². The number of ether oxygens (including phenoxy) is 1. The number of nitrogens with one attached hydrogen (secondary N) is 2. The lowest BCUT2D eigenvalue weighted by atomic mass is 9.97. The van der Waals surface area contributed by atoms with E-state index in [0.29, 0.717) is 29.5 Å². The van der Waals surface area contributed by atoms with Gasteiger partial charge in [0, 0.05) is 17.8 Å². The van der Waals surface area contributed by atoms with Gasteiger partial charge in [-0.05, 0) is 37.6 Å². The molecule has 0 radical (unpaired) electrons. The SMILES string of the molecule is CCOc1ccc(NC(=O)C2CNCC2C)cc1CO. The fourth-order valence-corrected chi connectivity index (χ4v) is 2.47. The Morgan fingerprint density at radius 3 is 2.90 bits per heavy atom. The molecule has 20 heavy (non-hydrogen) atoms. The number of hydrogen-bond acceptors (Lipinski definition) is 4. The molecule has 2 rings (SSSR count). The van der Waals surface area contributed by atoms with E-state index in [9.17, 15) is 9.90 Å². The Balaban J connectivity index is 2.07. The maximum Gasteiger partial charge on any atom is 0.229 e. The van der Waals surface area contributed by atoms with Crippen LogP contribution in [-0.2, 0) is 11.4 Å². The monoisotopic (exact) mass is 278 g/mol. The molecule has 1 aliphatic heterocycles. The highest BCUT2D eigenvalue weighted by Crippen LogP contribution is 2.24. The number of anilines is 1. The number of carbonyl (C=O) groups excluding carboxylic acids is 1. The molecule has 1 fully saturated rings. The minimum absolute atomic E-state index is 0.000792. The second-order valence-corrected chi connectivity index (χ2v) is 5.14. The van der Waals surface area contributed by atoms with Gasteiger partial charge in [0.2, 0.25) is 5.91 Å². The van der Waals surface area contributed by atoms with Gasteiger partial charge in [-0.15, -0.1) is 0 Å². The second-order valence-electron chi connectivity index (χ2n) is 5.14. The number of benzene rings is 1. The van der Waals surface area contributed by atoms with E-state index in [1.54, 1.807) is 18.2 Å². The Kier molecular flexibility index (Phi) is 4.98. The van der Waals surface area contributed by atoms with Gasteiger partial charge in [-0.25, -0.2) is 0 Å². The third-order valence-corrected chi connectivity index (χ3v) is 3.65. The molecule has 1 amide bonds. The summed E-state index contributed by atoms with van der Waals surface area (Å²) in [6, 6.07) is 5.34. The van der Waals surface area contributed by atoms with Crippen molar-refractivity contribution in [3.8, 4) is 5.75 Å². The molecule has 0 saturated carbocycles. The molecule has 110 valence electrons. The molecule has 1 aromatic rings. The van der Waals surface area contributed by atoms with Crippen LogP contribution in [0.4, 0.5) is 5.69 Å². The van der Waals surface area contributed by atoms with Gasteiger partial charge in [0.15, 0.2) is 0 Å². The van der Waals surface area contributed by atoms with Gasteiger partial charge in [0.05, 0.1) is 19.1 Å². The van der Waals surface area contributed by atoms with E-state index in [2.05, 4.69) is 17.6 Å². The van der Waals surface area contributed by atoms with Crippen LogP contribution in [0.15, 0.2) is 18.2 Å². The molecule has 2 atom stereocenters. The lowest BCUT2D eigenvalue weighted by Gasteiger charge is -2.15. The fraction of sp³-hybridized carbons (Fsp3) is 0.533. The van der Waals surface area contributed by atoms with E-state index >= 15 is 0 Å². The summed E-state index contributed by atoms with van der Waals surface area (Å²) < 4.78 is 5.42. The molecule has 2 unspecified atom stereocenters. The predicted molar refractivity (Wildman–Crippen MR) is 77.7 cm³/mol. The molecular weight excluding hydrogens is 256 g/mol. The molecule has 0 aromatic heterocycles. The molecular formula is C15H22N2O3. The lowest BCUT2D eigenvalue weighted by molar-refractivity contribution is -0.120. The van der Waals surface area contributed by atoms with Crippen molar-refractivity contribution < 1.29 is 14.6 Å². The van der Waals surface area contributed by atoms with Crippen LogP contribution in [0.3, 0.4) is 0 Å².